The first kappa shape index (κ1) is 12.2. The fraction of sp³-hybridized carbons (Fsp3) is 0.0714. The predicted octanol–water partition coefficient (Wildman–Crippen LogP) is 1.34. The molecule has 0 fully saturated rings. The molecule has 0 aliphatic carbocycles. The first-order chi connectivity index (χ1) is 9.66. The second-order valence-corrected chi connectivity index (χ2v) is 4.33. The van der Waals surface area contributed by atoms with E-state index < -0.39 is 5.43 Å². The van der Waals surface area contributed by atoms with E-state index in [1.54, 1.807) is 24.0 Å². The quantitative estimate of drug-likeness (QED) is 0.761. The summed E-state index contributed by atoms with van der Waals surface area (Å²) in [6.45, 7) is 0. The molecule has 3 aromatic rings. The molecule has 0 amide bonds. The highest BCUT2D eigenvalue weighted by Crippen LogP contribution is 2.18. The van der Waals surface area contributed by atoms with Crippen LogP contribution in [0.1, 0.15) is 0 Å². The van der Waals surface area contributed by atoms with Crippen LogP contribution in [0.4, 0.5) is 0 Å². The summed E-state index contributed by atoms with van der Waals surface area (Å²) in [5, 5.41) is 18.0. The number of aromatic nitrogens is 4. The monoisotopic (exact) mass is 268 g/mol. The summed E-state index contributed by atoms with van der Waals surface area (Å²) in [7, 11) is 1.64. The smallest absolute Gasteiger partial charge is 0.251 e. The zero-order valence-corrected chi connectivity index (χ0v) is 10.8. The summed E-state index contributed by atoms with van der Waals surface area (Å²) < 4.78 is 3.01. The molecule has 0 bridgehead atoms. The molecule has 2 aromatic heterocycles. The molecule has 2 heterocycles. The van der Waals surface area contributed by atoms with Gasteiger partial charge in [0.1, 0.15) is 0 Å². The third-order valence-electron chi connectivity index (χ3n) is 2.90. The van der Waals surface area contributed by atoms with Crippen LogP contribution < -0.4 is 5.43 Å². The molecule has 100 valence electrons. The predicted molar refractivity (Wildman–Crippen MR) is 73.7 cm³/mol. The van der Waals surface area contributed by atoms with Gasteiger partial charge < -0.3 is 5.11 Å². The highest BCUT2D eigenvalue weighted by atomic mass is 16.3. The van der Waals surface area contributed by atoms with Crippen molar-refractivity contribution in [1.29, 1.82) is 0 Å². The van der Waals surface area contributed by atoms with Crippen molar-refractivity contribution in [3.05, 3.63) is 59.0 Å². The molecule has 0 aliphatic rings. The van der Waals surface area contributed by atoms with Gasteiger partial charge in [-0.05, 0) is 18.2 Å². The van der Waals surface area contributed by atoms with Crippen LogP contribution in [0.15, 0.2) is 53.6 Å². The Labute approximate surface area is 114 Å². The normalized spacial score (nSPS) is 10.7. The Hall–Kier alpha value is -2.89. The van der Waals surface area contributed by atoms with Crippen molar-refractivity contribution in [3.63, 3.8) is 0 Å². The van der Waals surface area contributed by atoms with Crippen molar-refractivity contribution in [2.75, 3.05) is 0 Å². The zero-order chi connectivity index (χ0) is 14.1. The molecule has 0 saturated carbocycles. The summed E-state index contributed by atoms with van der Waals surface area (Å²) in [4.78, 5) is 12.0. The van der Waals surface area contributed by atoms with Gasteiger partial charge in [-0.2, -0.15) is 10.2 Å². The molecule has 0 unspecified atom stereocenters. The molecule has 20 heavy (non-hydrogen) atoms. The summed E-state index contributed by atoms with van der Waals surface area (Å²) in [6.07, 6.45) is 2.86. The highest BCUT2D eigenvalue weighted by molar-refractivity contribution is 5.58. The maximum atomic E-state index is 12.0. The van der Waals surface area contributed by atoms with Gasteiger partial charge in [0, 0.05) is 7.05 Å². The van der Waals surface area contributed by atoms with Gasteiger partial charge in [-0.25, -0.2) is 4.68 Å². The van der Waals surface area contributed by atoms with E-state index >= 15 is 0 Å². The number of hydrogen-bond acceptors (Lipinski definition) is 4. The van der Waals surface area contributed by atoms with Gasteiger partial charge in [-0.3, -0.25) is 9.48 Å². The van der Waals surface area contributed by atoms with E-state index in [4.69, 9.17) is 0 Å². The minimum absolute atomic E-state index is 0.161. The maximum absolute atomic E-state index is 12.0. The number of aromatic hydroxyl groups is 1. The van der Waals surface area contributed by atoms with E-state index in [0.717, 1.165) is 5.69 Å². The summed E-state index contributed by atoms with van der Waals surface area (Å²) >= 11 is 0. The number of aryl methyl sites for hydroxylation is 1. The average molecular weight is 268 g/mol. The van der Waals surface area contributed by atoms with Gasteiger partial charge in [0.25, 0.3) is 5.43 Å². The van der Waals surface area contributed by atoms with Crippen molar-refractivity contribution in [2.45, 2.75) is 0 Å². The minimum Gasteiger partial charge on any atom is -0.503 e. The van der Waals surface area contributed by atoms with Crippen LogP contribution >= 0.6 is 0 Å². The molecule has 0 atom stereocenters. The Morgan fingerprint density at radius 1 is 1.15 bits per heavy atom. The van der Waals surface area contributed by atoms with Crippen molar-refractivity contribution in [2.24, 2.45) is 7.05 Å². The van der Waals surface area contributed by atoms with E-state index in [2.05, 4.69) is 10.2 Å². The third kappa shape index (κ3) is 1.97. The summed E-state index contributed by atoms with van der Waals surface area (Å²) in [5.74, 6) is -0.335. The van der Waals surface area contributed by atoms with Gasteiger partial charge in [0.15, 0.2) is 11.4 Å². The average Bonchev–Trinajstić information content (AvgIpc) is 2.93. The zero-order valence-electron chi connectivity index (χ0n) is 10.8. The largest absolute Gasteiger partial charge is 0.503 e. The maximum Gasteiger partial charge on any atom is 0.251 e. The lowest BCUT2D eigenvalue weighted by Gasteiger charge is -2.07. The second kappa shape index (κ2) is 4.65. The van der Waals surface area contributed by atoms with Crippen molar-refractivity contribution in [3.8, 4) is 22.8 Å². The van der Waals surface area contributed by atoms with Gasteiger partial charge >= 0.3 is 0 Å². The Bertz CT molecular complexity index is 806. The number of nitrogens with zero attached hydrogens (tertiary/aromatic N) is 4. The molecular formula is C14H12N4O2. The molecular weight excluding hydrogens is 256 g/mol. The lowest BCUT2D eigenvalue weighted by atomic mass is 10.2. The lowest BCUT2D eigenvalue weighted by Crippen LogP contribution is -2.14. The van der Waals surface area contributed by atoms with Crippen LogP contribution in [0.2, 0.25) is 0 Å². The standard InChI is InChI=1S/C14H12N4O2/c1-17-9-12(19)14(20)13(16-17)11-7-8-15-18(11)10-5-3-2-4-6-10/h2-9,19H,1H3. The van der Waals surface area contributed by atoms with E-state index in [-0.39, 0.29) is 11.4 Å². The van der Waals surface area contributed by atoms with Gasteiger partial charge in [-0.15, -0.1) is 0 Å². The van der Waals surface area contributed by atoms with Crippen LogP contribution in [0, 0.1) is 0 Å². The molecule has 3 rings (SSSR count). The van der Waals surface area contributed by atoms with E-state index in [1.165, 1.54) is 10.9 Å². The van der Waals surface area contributed by atoms with E-state index in [0.29, 0.717) is 5.69 Å². The number of rotatable bonds is 2. The van der Waals surface area contributed by atoms with Crippen molar-refractivity contribution < 1.29 is 5.11 Å². The van der Waals surface area contributed by atoms with E-state index in [1.807, 2.05) is 30.3 Å². The van der Waals surface area contributed by atoms with Gasteiger partial charge in [-0.1, -0.05) is 18.2 Å². The molecule has 1 N–H and O–H groups in total. The topological polar surface area (TPSA) is 72.9 Å². The minimum atomic E-state index is -0.513. The first-order valence-corrected chi connectivity index (χ1v) is 6.03. The highest BCUT2D eigenvalue weighted by Gasteiger charge is 2.15. The SMILES string of the molecule is Cn1cc(O)c(=O)c(-c2ccnn2-c2ccccc2)n1. The number of para-hydroxylation sites is 1. The van der Waals surface area contributed by atoms with Crippen LogP contribution in [0.5, 0.6) is 5.75 Å². The number of hydrogen-bond donors (Lipinski definition) is 1. The molecule has 1 aromatic carbocycles. The molecule has 0 saturated heterocycles. The van der Waals surface area contributed by atoms with Crippen molar-refractivity contribution >= 4 is 0 Å². The van der Waals surface area contributed by atoms with Crippen LogP contribution in [-0.2, 0) is 7.05 Å². The molecule has 0 radical (unpaired) electrons. The summed E-state index contributed by atoms with van der Waals surface area (Å²) in [5.41, 5.74) is 1.00. The Morgan fingerprint density at radius 2 is 1.90 bits per heavy atom. The van der Waals surface area contributed by atoms with E-state index in [9.17, 15) is 9.90 Å². The summed E-state index contributed by atoms with van der Waals surface area (Å²) in [6, 6.07) is 11.1. The van der Waals surface area contributed by atoms with Gasteiger partial charge in [0.05, 0.1) is 23.8 Å². The lowest BCUT2D eigenvalue weighted by molar-refractivity contribution is 0.458. The van der Waals surface area contributed by atoms with Crippen molar-refractivity contribution in [1.82, 2.24) is 19.6 Å². The second-order valence-electron chi connectivity index (χ2n) is 4.33. The Balaban J connectivity index is 2.23. The fourth-order valence-corrected chi connectivity index (χ4v) is 2.01. The fourth-order valence-electron chi connectivity index (χ4n) is 2.01. The Morgan fingerprint density at radius 3 is 2.65 bits per heavy atom. The molecule has 6 nitrogen and oxygen atoms in total. The third-order valence-corrected chi connectivity index (χ3v) is 2.90. The Kier molecular flexibility index (Phi) is 2.83. The van der Waals surface area contributed by atoms with Crippen LogP contribution in [0.3, 0.4) is 0 Å². The first-order valence-electron chi connectivity index (χ1n) is 6.03. The van der Waals surface area contributed by atoms with Gasteiger partial charge in [0.2, 0.25) is 0 Å². The molecule has 6 heteroatoms. The number of benzene rings is 1. The van der Waals surface area contributed by atoms with Crippen LogP contribution in [0.25, 0.3) is 17.1 Å². The molecule has 0 spiro atoms. The molecule has 0 aliphatic heterocycles. The van der Waals surface area contributed by atoms with Crippen LogP contribution in [-0.4, -0.2) is 24.7 Å².